The molecule has 1 aromatic rings. The van der Waals surface area contributed by atoms with E-state index in [1.54, 1.807) is 0 Å². The van der Waals surface area contributed by atoms with Crippen molar-refractivity contribution in [3.8, 4) is 0 Å². The number of hydrogen-bond acceptors (Lipinski definition) is 0. The zero-order valence-corrected chi connectivity index (χ0v) is 16.8. The predicted molar refractivity (Wildman–Crippen MR) is 103 cm³/mol. The third kappa shape index (κ3) is 7.04. The third-order valence-electron chi connectivity index (χ3n) is 6.31. The van der Waals surface area contributed by atoms with Gasteiger partial charge in [0.15, 0.2) is 17.5 Å². The Morgan fingerprint density at radius 1 is 0.786 bits per heavy atom. The highest BCUT2D eigenvalue weighted by Crippen LogP contribution is 2.35. The summed E-state index contributed by atoms with van der Waals surface area (Å²) in [5.41, 5.74) is 0.434. The Bertz CT molecular complexity index is 535. The van der Waals surface area contributed by atoms with E-state index >= 15 is 0 Å². The molecule has 5 heteroatoms. The third-order valence-corrected chi connectivity index (χ3v) is 6.31. The molecule has 0 bridgehead atoms. The SMILES string of the molecule is CCCC1CCC(CCF)CC1.Fc1cc(C2CCC(F)CC2)cc(F)c1F. The monoisotopic (exact) mass is 404 g/mol. The average molecular weight is 405 g/mol. The molecule has 2 fully saturated rings. The van der Waals surface area contributed by atoms with E-state index in [-0.39, 0.29) is 12.6 Å². The second-order valence-electron chi connectivity index (χ2n) is 8.40. The maximum absolute atomic E-state index is 13.0. The zero-order chi connectivity index (χ0) is 20.5. The normalized spacial score (nSPS) is 27.8. The Hall–Kier alpha value is -1.13. The van der Waals surface area contributed by atoms with Crippen LogP contribution in [0.3, 0.4) is 0 Å². The maximum atomic E-state index is 13.0. The van der Waals surface area contributed by atoms with Crippen LogP contribution < -0.4 is 0 Å². The lowest BCUT2D eigenvalue weighted by Gasteiger charge is -2.27. The topological polar surface area (TPSA) is 0 Å². The number of rotatable bonds is 5. The van der Waals surface area contributed by atoms with E-state index in [0.29, 0.717) is 37.2 Å². The summed E-state index contributed by atoms with van der Waals surface area (Å²) in [5.74, 6) is -2.16. The van der Waals surface area contributed by atoms with Gasteiger partial charge < -0.3 is 0 Å². The van der Waals surface area contributed by atoms with Gasteiger partial charge in [-0.05, 0) is 67.6 Å². The minimum absolute atomic E-state index is 0.0587. The molecule has 0 unspecified atom stereocenters. The van der Waals surface area contributed by atoms with E-state index in [1.807, 2.05) is 0 Å². The molecule has 160 valence electrons. The van der Waals surface area contributed by atoms with Crippen LogP contribution in [0, 0.1) is 29.3 Å². The van der Waals surface area contributed by atoms with Crippen molar-refractivity contribution in [2.24, 2.45) is 11.8 Å². The molecule has 0 aliphatic heterocycles. The molecule has 2 aliphatic rings. The Morgan fingerprint density at radius 2 is 1.29 bits per heavy atom. The first-order valence-electron chi connectivity index (χ1n) is 10.8. The van der Waals surface area contributed by atoms with Gasteiger partial charge in [0.05, 0.1) is 6.67 Å². The molecule has 0 heterocycles. The summed E-state index contributed by atoms with van der Waals surface area (Å²) < 4.78 is 63.6. The Morgan fingerprint density at radius 3 is 1.75 bits per heavy atom. The Labute approximate surface area is 165 Å². The van der Waals surface area contributed by atoms with Crippen LogP contribution in [0.4, 0.5) is 22.0 Å². The van der Waals surface area contributed by atoms with Gasteiger partial charge in [-0.2, -0.15) is 0 Å². The summed E-state index contributed by atoms with van der Waals surface area (Å²) in [5, 5.41) is 0. The smallest absolute Gasteiger partial charge is 0.194 e. The molecule has 0 aromatic heterocycles. The highest BCUT2D eigenvalue weighted by Gasteiger charge is 2.24. The van der Waals surface area contributed by atoms with Gasteiger partial charge in [-0.1, -0.05) is 45.4 Å². The molecule has 3 rings (SSSR count). The van der Waals surface area contributed by atoms with Gasteiger partial charge in [-0.15, -0.1) is 0 Å². The van der Waals surface area contributed by atoms with Crippen LogP contribution in [-0.4, -0.2) is 12.8 Å². The van der Waals surface area contributed by atoms with E-state index in [9.17, 15) is 22.0 Å². The lowest BCUT2D eigenvalue weighted by Crippen LogP contribution is -2.14. The fraction of sp³-hybridized carbons (Fsp3) is 0.739. The minimum atomic E-state index is -1.44. The van der Waals surface area contributed by atoms with Gasteiger partial charge >= 0.3 is 0 Å². The number of benzene rings is 1. The highest BCUT2D eigenvalue weighted by atomic mass is 19.2. The molecule has 2 aliphatic carbocycles. The van der Waals surface area contributed by atoms with Crippen molar-refractivity contribution in [3.05, 3.63) is 35.1 Å². The summed E-state index contributed by atoms with van der Waals surface area (Å²) >= 11 is 0. The largest absolute Gasteiger partial charge is 0.251 e. The van der Waals surface area contributed by atoms with Gasteiger partial charge in [0.25, 0.3) is 0 Å². The second-order valence-corrected chi connectivity index (χ2v) is 8.40. The van der Waals surface area contributed by atoms with Gasteiger partial charge in [-0.25, -0.2) is 17.6 Å². The van der Waals surface area contributed by atoms with E-state index in [4.69, 9.17) is 0 Å². The quantitative estimate of drug-likeness (QED) is 0.344. The molecule has 28 heavy (non-hydrogen) atoms. The molecule has 0 amide bonds. The number of halogens is 5. The first-order valence-corrected chi connectivity index (χ1v) is 10.8. The highest BCUT2D eigenvalue weighted by molar-refractivity contribution is 5.23. The summed E-state index contributed by atoms with van der Waals surface area (Å²) in [7, 11) is 0. The van der Waals surface area contributed by atoms with Gasteiger partial charge in [0.2, 0.25) is 0 Å². The fourth-order valence-electron chi connectivity index (χ4n) is 4.57. The molecule has 0 atom stereocenters. The van der Waals surface area contributed by atoms with E-state index in [2.05, 4.69) is 6.92 Å². The maximum Gasteiger partial charge on any atom is 0.194 e. The lowest BCUT2D eigenvalue weighted by molar-refractivity contribution is 0.235. The van der Waals surface area contributed by atoms with Crippen molar-refractivity contribution in [2.45, 2.75) is 89.6 Å². The first kappa shape index (κ1) is 23.2. The van der Waals surface area contributed by atoms with Crippen LogP contribution in [0.2, 0.25) is 0 Å². The molecule has 0 radical (unpaired) electrons. The van der Waals surface area contributed by atoms with Crippen molar-refractivity contribution in [1.29, 1.82) is 0 Å². The predicted octanol–water partition coefficient (Wildman–Crippen LogP) is 8.05. The summed E-state index contributed by atoms with van der Waals surface area (Å²) in [6, 6.07) is 2.03. The minimum Gasteiger partial charge on any atom is -0.251 e. The van der Waals surface area contributed by atoms with Crippen LogP contribution in [-0.2, 0) is 0 Å². The summed E-state index contributed by atoms with van der Waals surface area (Å²) in [6.45, 7) is 2.15. The van der Waals surface area contributed by atoms with Gasteiger partial charge in [0.1, 0.15) is 6.17 Å². The van der Waals surface area contributed by atoms with Crippen LogP contribution in [0.15, 0.2) is 12.1 Å². The number of alkyl halides is 2. The van der Waals surface area contributed by atoms with Crippen LogP contribution >= 0.6 is 0 Å². The van der Waals surface area contributed by atoms with E-state index in [0.717, 1.165) is 24.5 Å². The van der Waals surface area contributed by atoms with Crippen molar-refractivity contribution in [2.75, 3.05) is 6.67 Å². The first-order chi connectivity index (χ1) is 13.4. The molecule has 0 N–H and O–H groups in total. The van der Waals surface area contributed by atoms with E-state index in [1.165, 1.54) is 38.5 Å². The molecule has 1 aromatic carbocycles. The summed E-state index contributed by atoms with van der Waals surface area (Å²) in [4.78, 5) is 0. The average Bonchev–Trinajstić information content (AvgIpc) is 2.69. The Kier molecular flexibility index (Phi) is 9.73. The molecular formula is C23H33F5. The molecule has 2 saturated carbocycles. The van der Waals surface area contributed by atoms with Crippen molar-refractivity contribution < 1.29 is 22.0 Å². The van der Waals surface area contributed by atoms with Crippen molar-refractivity contribution in [3.63, 3.8) is 0 Å². The molecule has 0 spiro atoms. The zero-order valence-electron chi connectivity index (χ0n) is 16.8. The van der Waals surface area contributed by atoms with Gasteiger partial charge in [-0.3, -0.25) is 4.39 Å². The van der Waals surface area contributed by atoms with E-state index < -0.39 is 23.6 Å². The van der Waals surface area contributed by atoms with Crippen molar-refractivity contribution in [1.82, 2.24) is 0 Å². The molecule has 0 nitrogen and oxygen atoms in total. The fourth-order valence-corrected chi connectivity index (χ4v) is 4.57. The second kappa shape index (κ2) is 11.8. The van der Waals surface area contributed by atoms with Crippen LogP contribution in [0.25, 0.3) is 0 Å². The Balaban J connectivity index is 0.000000209. The van der Waals surface area contributed by atoms with Crippen LogP contribution in [0.5, 0.6) is 0 Å². The molecule has 0 saturated heterocycles. The lowest BCUT2D eigenvalue weighted by atomic mass is 9.79. The van der Waals surface area contributed by atoms with Crippen molar-refractivity contribution >= 4 is 0 Å². The van der Waals surface area contributed by atoms with Crippen LogP contribution in [0.1, 0.15) is 89.0 Å². The van der Waals surface area contributed by atoms with Gasteiger partial charge in [0, 0.05) is 0 Å². The summed E-state index contributed by atoms with van der Waals surface area (Å²) in [6.07, 6.45) is 9.94. The molecular weight excluding hydrogens is 371 g/mol. The number of hydrogen-bond donors (Lipinski definition) is 0. The standard InChI is InChI=1S/C12H12F4.C11H21F/c13-9-3-1-7(2-4-9)8-5-10(14)12(16)11(15)6-8;1-2-3-10-4-6-11(7-5-10)8-9-12/h5-7,9H,1-4H2;10-11H,2-9H2,1H3.